The van der Waals surface area contributed by atoms with Crippen LogP contribution in [0.2, 0.25) is 0 Å². The molecule has 9 nitrogen and oxygen atoms in total. The predicted molar refractivity (Wildman–Crippen MR) is 138 cm³/mol. The SMILES string of the molecule is C=CCONC(=O)c1cc(Cc2ccnc(NS(=O)(=O)NC)c2F)c(F)c(F)c1Nc1ccc(C=C)cc1F. The van der Waals surface area contributed by atoms with Crippen molar-refractivity contribution in [2.45, 2.75) is 6.42 Å². The Kier molecular flexibility index (Phi) is 9.40. The molecule has 39 heavy (non-hydrogen) atoms. The third-order valence-electron chi connectivity index (χ3n) is 5.23. The number of hydrogen-bond acceptors (Lipinski definition) is 6. The number of anilines is 3. The van der Waals surface area contributed by atoms with Crippen LogP contribution < -0.4 is 20.2 Å². The van der Waals surface area contributed by atoms with E-state index in [4.69, 9.17) is 4.84 Å². The Balaban J connectivity index is 2.08. The first-order chi connectivity index (χ1) is 18.5. The second kappa shape index (κ2) is 12.5. The molecule has 0 aliphatic rings. The summed E-state index contributed by atoms with van der Waals surface area (Å²) in [4.78, 5) is 21.3. The highest BCUT2D eigenvalue weighted by Crippen LogP contribution is 2.32. The Morgan fingerprint density at radius 1 is 1.05 bits per heavy atom. The normalized spacial score (nSPS) is 11.1. The van der Waals surface area contributed by atoms with Crippen LogP contribution >= 0.6 is 0 Å². The molecule has 0 aliphatic carbocycles. The summed E-state index contributed by atoms with van der Waals surface area (Å²) >= 11 is 0. The maximum atomic E-state index is 15.4. The maximum absolute atomic E-state index is 15.4. The van der Waals surface area contributed by atoms with Gasteiger partial charge in [-0.25, -0.2) is 32.7 Å². The van der Waals surface area contributed by atoms with Crippen molar-refractivity contribution < 1.29 is 35.6 Å². The fourth-order valence-electron chi connectivity index (χ4n) is 3.30. The first-order valence-electron chi connectivity index (χ1n) is 11.1. The third kappa shape index (κ3) is 6.98. The molecule has 0 atom stereocenters. The van der Waals surface area contributed by atoms with Crippen LogP contribution in [0.15, 0.2) is 55.8 Å². The largest absolute Gasteiger partial charge is 0.350 e. The minimum absolute atomic E-state index is 0.115. The molecule has 0 unspecified atom stereocenters. The molecule has 0 fully saturated rings. The smallest absolute Gasteiger partial charge is 0.300 e. The quantitative estimate of drug-likeness (QED) is 0.112. The summed E-state index contributed by atoms with van der Waals surface area (Å²) in [6.07, 6.45) is 3.15. The van der Waals surface area contributed by atoms with E-state index in [1.807, 2.05) is 14.9 Å². The van der Waals surface area contributed by atoms with E-state index in [0.717, 1.165) is 31.4 Å². The van der Waals surface area contributed by atoms with Gasteiger partial charge in [-0.2, -0.15) is 8.42 Å². The molecule has 0 saturated heterocycles. The number of rotatable bonds is 12. The molecule has 14 heteroatoms. The summed E-state index contributed by atoms with van der Waals surface area (Å²) in [5.74, 6) is -6.71. The van der Waals surface area contributed by atoms with Crippen LogP contribution in [0.25, 0.3) is 6.08 Å². The molecule has 0 bridgehead atoms. The first-order valence-corrected chi connectivity index (χ1v) is 12.6. The van der Waals surface area contributed by atoms with Gasteiger partial charge in [0.15, 0.2) is 23.3 Å². The number of halogens is 4. The van der Waals surface area contributed by atoms with Crippen molar-refractivity contribution in [3.05, 3.63) is 101 Å². The van der Waals surface area contributed by atoms with E-state index in [0.29, 0.717) is 5.56 Å². The summed E-state index contributed by atoms with van der Waals surface area (Å²) in [6, 6.07) is 5.85. The van der Waals surface area contributed by atoms with E-state index in [2.05, 4.69) is 23.5 Å². The van der Waals surface area contributed by atoms with Crippen molar-refractivity contribution in [1.29, 1.82) is 0 Å². The van der Waals surface area contributed by atoms with Gasteiger partial charge in [0.25, 0.3) is 16.1 Å². The zero-order valence-corrected chi connectivity index (χ0v) is 21.3. The molecule has 1 amide bonds. The molecule has 2 aromatic carbocycles. The van der Waals surface area contributed by atoms with Gasteiger partial charge in [-0.1, -0.05) is 24.8 Å². The average Bonchev–Trinajstić information content (AvgIpc) is 2.91. The van der Waals surface area contributed by atoms with Crippen LogP contribution in [-0.2, 0) is 21.5 Å². The number of hydroxylamine groups is 1. The molecule has 0 saturated carbocycles. The zero-order valence-electron chi connectivity index (χ0n) is 20.4. The van der Waals surface area contributed by atoms with Crippen LogP contribution in [0.5, 0.6) is 0 Å². The summed E-state index contributed by atoms with van der Waals surface area (Å²) in [5, 5.41) is 2.39. The van der Waals surface area contributed by atoms with Crippen molar-refractivity contribution in [1.82, 2.24) is 15.2 Å². The molecule has 0 radical (unpaired) electrons. The van der Waals surface area contributed by atoms with Crippen molar-refractivity contribution in [2.75, 3.05) is 23.7 Å². The number of benzene rings is 2. The number of carbonyl (C=O) groups is 1. The molecule has 4 N–H and O–H groups in total. The fourth-order valence-corrected chi connectivity index (χ4v) is 3.80. The molecule has 1 heterocycles. The van der Waals surface area contributed by atoms with Gasteiger partial charge in [-0.05, 0) is 41.0 Å². The van der Waals surface area contributed by atoms with Gasteiger partial charge < -0.3 is 5.32 Å². The predicted octanol–water partition coefficient (Wildman–Crippen LogP) is 4.34. The van der Waals surface area contributed by atoms with Gasteiger partial charge in [0.1, 0.15) is 5.82 Å². The highest BCUT2D eigenvalue weighted by Gasteiger charge is 2.25. The van der Waals surface area contributed by atoms with E-state index in [1.165, 1.54) is 24.3 Å². The first kappa shape index (κ1) is 29.3. The minimum atomic E-state index is -4.13. The standard InChI is InChI=1S/C25H23F4N5O4S/c1-4-10-38-33-25(35)17-13-16(12-15-8-9-31-24(21(15)28)34-39(36,37)30-3)20(27)22(29)23(17)32-19-7-6-14(5-2)11-18(19)26/h4-9,11,13,30,32H,1-2,10,12H2,3H3,(H,31,34)(H,33,35). The van der Waals surface area contributed by atoms with Crippen LogP contribution in [0.1, 0.15) is 27.0 Å². The van der Waals surface area contributed by atoms with Gasteiger partial charge in [0.2, 0.25) is 0 Å². The lowest BCUT2D eigenvalue weighted by atomic mass is 9.99. The van der Waals surface area contributed by atoms with Gasteiger partial charge >= 0.3 is 0 Å². The number of nitrogens with one attached hydrogen (secondary N) is 4. The van der Waals surface area contributed by atoms with E-state index in [1.54, 1.807) is 0 Å². The number of amides is 1. The van der Waals surface area contributed by atoms with Gasteiger partial charge in [-0.15, -0.1) is 6.58 Å². The van der Waals surface area contributed by atoms with E-state index >= 15 is 8.78 Å². The fraction of sp³-hybridized carbons (Fsp3) is 0.120. The molecular formula is C25H23F4N5O4S. The lowest BCUT2D eigenvalue weighted by Crippen LogP contribution is -2.27. The zero-order chi connectivity index (χ0) is 28.7. The van der Waals surface area contributed by atoms with Crippen molar-refractivity contribution in [3.8, 4) is 0 Å². The molecular weight excluding hydrogens is 542 g/mol. The Morgan fingerprint density at radius 2 is 1.79 bits per heavy atom. The number of pyridine rings is 1. The third-order valence-corrected chi connectivity index (χ3v) is 6.23. The number of aromatic nitrogens is 1. The highest BCUT2D eigenvalue weighted by molar-refractivity contribution is 7.90. The van der Waals surface area contributed by atoms with Crippen LogP contribution in [0.3, 0.4) is 0 Å². The van der Waals surface area contributed by atoms with Crippen molar-refractivity contribution >= 4 is 39.4 Å². The lowest BCUT2D eigenvalue weighted by molar-refractivity contribution is 0.0422. The Morgan fingerprint density at radius 3 is 2.44 bits per heavy atom. The van der Waals surface area contributed by atoms with Gasteiger partial charge in [0.05, 0.1) is 23.5 Å². The molecule has 3 rings (SSSR count). The Bertz CT molecular complexity index is 1530. The van der Waals surface area contributed by atoms with Crippen LogP contribution in [0, 0.1) is 23.3 Å². The second-order valence-electron chi connectivity index (χ2n) is 7.80. The second-order valence-corrected chi connectivity index (χ2v) is 9.42. The number of nitrogens with zero attached hydrogens (tertiary/aromatic N) is 1. The average molecular weight is 566 g/mol. The van der Waals surface area contributed by atoms with E-state index < -0.39 is 68.4 Å². The number of hydrogen-bond donors (Lipinski definition) is 4. The monoisotopic (exact) mass is 565 g/mol. The molecule has 0 aliphatic heterocycles. The highest BCUT2D eigenvalue weighted by atomic mass is 32.2. The van der Waals surface area contributed by atoms with Crippen molar-refractivity contribution in [3.63, 3.8) is 0 Å². The topological polar surface area (TPSA) is 121 Å². The number of carbonyl (C=O) groups excluding carboxylic acids is 1. The van der Waals surface area contributed by atoms with Crippen molar-refractivity contribution in [2.24, 2.45) is 0 Å². The van der Waals surface area contributed by atoms with E-state index in [-0.39, 0.29) is 17.9 Å². The summed E-state index contributed by atoms with van der Waals surface area (Å²) in [6.45, 7) is 6.83. The van der Waals surface area contributed by atoms with Crippen LogP contribution in [-0.4, -0.2) is 33.0 Å². The minimum Gasteiger partial charge on any atom is -0.350 e. The molecule has 1 aromatic heterocycles. The van der Waals surface area contributed by atoms with Gasteiger partial charge in [0, 0.05) is 19.7 Å². The van der Waals surface area contributed by atoms with Gasteiger partial charge in [-0.3, -0.25) is 14.4 Å². The Labute approximate surface area is 221 Å². The summed E-state index contributed by atoms with van der Waals surface area (Å²) in [5.41, 5.74) is 0.249. The maximum Gasteiger partial charge on any atom is 0.300 e. The van der Waals surface area contributed by atoms with E-state index in [9.17, 15) is 22.0 Å². The molecule has 3 aromatic rings. The summed E-state index contributed by atoms with van der Waals surface area (Å²) in [7, 11) is -3.04. The lowest BCUT2D eigenvalue weighted by Gasteiger charge is -2.17. The van der Waals surface area contributed by atoms with Crippen LogP contribution in [0.4, 0.5) is 34.8 Å². The molecule has 0 spiro atoms. The summed E-state index contributed by atoms with van der Waals surface area (Å²) < 4.78 is 87.4. The molecule has 206 valence electrons. The Hall–Kier alpha value is -4.27.